The summed E-state index contributed by atoms with van der Waals surface area (Å²) in [6.45, 7) is 6.23. The van der Waals surface area contributed by atoms with Crippen molar-refractivity contribution in [2.45, 2.75) is 58.7 Å². The first kappa shape index (κ1) is 22.8. The molecule has 0 saturated carbocycles. The lowest BCUT2D eigenvalue weighted by molar-refractivity contribution is -0.137. The molecule has 1 aromatic heterocycles. The normalized spacial score (nSPS) is 11.6. The molecule has 0 saturated heterocycles. The molecular weight excluding hydrogens is 383 g/mol. The molecule has 5 nitrogen and oxygen atoms in total. The van der Waals surface area contributed by atoms with Gasteiger partial charge in [0.2, 0.25) is 0 Å². The fraction of sp³-hybridized carbons (Fsp3) is 0.524. The first-order valence-electron chi connectivity index (χ1n) is 9.79. The molecule has 2 aromatic rings. The molecule has 0 N–H and O–H groups in total. The summed E-state index contributed by atoms with van der Waals surface area (Å²) in [6.07, 6.45) is 0.104. The molecule has 0 aliphatic rings. The van der Waals surface area contributed by atoms with Gasteiger partial charge in [0, 0.05) is 25.0 Å². The average Bonchev–Trinajstić information content (AvgIpc) is 2.66. The van der Waals surface area contributed by atoms with E-state index >= 15 is 0 Å². The summed E-state index contributed by atoms with van der Waals surface area (Å²) in [4.78, 5) is 9.17. The average molecular weight is 411 g/mol. The van der Waals surface area contributed by atoms with Gasteiger partial charge < -0.3 is 14.4 Å². The standard InChI is InChI=1S/C21H28F3N3O2/c1-5-6-7-8-12-28-20-25-14-18(21(22,23)24)19(26-20)27(4)16-10-9-11-17(13-16)29-15(2)3/h9-11,13-15H,5-8,12H2,1-4H3. The molecule has 0 spiro atoms. The number of halogens is 3. The molecule has 160 valence electrons. The van der Waals surface area contributed by atoms with Gasteiger partial charge in [-0.25, -0.2) is 4.98 Å². The molecule has 0 bridgehead atoms. The molecule has 0 atom stereocenters. The van der Waals surface area contributed by atoms with Crippen molar-refractivity contribution >= 4 is 11.5 Å². The second-order valence-electron chi connectivity index (χ2n) is 7.02. The SMILES string of the molecule is CCCCCCOc1ncc(C(F)(F)F)c(N(C)c2cccc(OC(C)C)c2)n1. The first-order chi connectivity index (χ1) is 13.7. The number of aromatic nitrogens is 2. The van der Waals surface area contributed by atoms with Crippen molar-refractivity contribution < 1.29 is 22.6 Å². The van der Waals surface area contributed by atoms with E-state index in [4.69, 9.17) is 9.47 Å². The van der Waals surface area contributed by atoms with Gasteiger partial charge in [0.15, 0.2) is 5.82 Å². The number of ether oxygens (including phenoxy) is 2. The molecule has 8 heteroatoms. The van der Waals surface area contributed by atoms with Gasteiger partial charge in [-0.2, -0.15) is 18.2 Å². The summed E-state index contributed by atoms with van der Waals surface area (Å²) < 4.78 is 51.7. The lowest BCUT2D eigenvalue weighted by atomic mass is 10.2. The number of hydrogen-bond acceptors (Lipinski definition) is 5. The Morgan fingerprint density at radius 2 is 1.90 bits per heavy atom. The van der Waals surface area contributed by atoms with Crippen molar-refractivity contribution in [2.24, 2.45) is 0 Å². The second kappa shape index (κ2) is 10.3. The van der Waals surface area contributed by atoms with Crippen LogP contribution in [0.15, 0.2) is 30.5 Å². The maximum absolute atomic E-state index is 13.5. The zero-order valence-corrected chi connectivity index (χ0v) is 17.3. The van der Waals surface area contributed by atoms with Gasteiger partial charge >= 0.3 is 12.2 Å². The topological polar surface area (TPSA) is 47.5 Å². The van der Waals surface area contributed by atoms with Crippen LogP contribution in [0.1, 0.15) is 52.0 Å². The van der Waals surface area contributed by atoms with Crippen LogP contribution in [0.5, 0.6) is 11.8 Å². The van der Waals surface area contributed by atoms with Crippen LogP contribution < -0.4 is 14.4 Å². The van der Waals surface area contributed by atoms with Crippen LogP contribution in [-0.4, -0.2) is 29.7 Å². The van der Waals surface area contributed by atoms with E-state index in [0.717, 1.165) is 31.9 Å². The Labute approximate surface area is 169 Å². The highest BCUT2D eigenvalue weighted by molar-refractivity contribution is 5.64. The van der Waals surface area contributed by atoms with Crippen LogP contribution in [0, 0.1) is 0 Å². The third-order valence-electron chi connectivity index (χ3n) is 4.18. The van der Waals surface area contributed by atoms with E-state index in [9.17, 15) is 13.2 Å². The molecule has 1 aromatic carbocycles. The molecule has 0 amide bonds. The Bertz CT molecular complexity index is 782. The lowest BCUT2D eigenvalue weighted by Gasteiger charge is -2.23. The molecular formula is C21H28F3N3O2. The second-order valence-corrected chi connectivity index (χ2v) is 7.02. The van der Waals surface area contributed by atoms with Crippen molar-refractivity contribution in [3.63, 3.8) is 0 Å². The van der Waals surface area contributed by atoms with Gasteiger partial charge in [-0.05, 0) is 32.4 Å². The van der Waals surface area contributed by atoms with Gasteiger partial charge in [-0.15, -0.1) is 0 Å². The number of benzene rings is 1. The van der Waals surface area contributed by atoms with Crippen LogP contribution in [-0.2, 0) is 6.18 Å². The Morgan fingerprint density at radius 3 is 2.55 bits per heavy atom. The van der Waals surface area contributed by atoms with Crippen LogP contribution in [0.3, 0.4) is 0 Å². The zero-order valence-electron chi connectivity index (χ0n) is 17.3. The minimum absolute atomic E-state index is 0.0481. The number of anilines is 2. The smallest absolute Gasteiger partial charge is 0.421 e. The molecule has 0 fully saturated rings. The fourth-order valence-electron chi connectivity index (χ4n) is 2.73. The summed E-state index contributed by atoms with van der Waals surface area (Å²) >= 11 is 0. The van der Waals surface area contributed by atoms with E-state index in [1.54, 1.807) is 24.3 Å². The first-order valence-corrected chi connectivity index (χ1v) is 9.79. The van der Waals surface area contributed by atoms with Gasteiger partial charge in [0.25, 0.3) is 0 Å². The van der Waals surface area contributed by atoms with Gasteiger partial charge in [0.1, 0.15) is 11.3 Å². The summed E-state index contributed by atoms with van der Waals surface area (Å²) in [7, 11) is 1.52. The molecule has 0 unspecified atom stereocenters. The Balaban J connectivity index is 2.28. The van der Waals surface area contributed by atoms with Gasteiger partial charge in [0.05, 0.1) is 12.7 Å². The minimum Gasteiger partial charge on any atom is -0.491 e. The van der Waals surface area contributed by atoms with Gasteiger partial charge in [-0.1, -0.05) is 32.3 Å². The third-order valence-corrected chi connectivity index (χ3v) is 4.18. The summed E-state index contributed by atoms with van der Waals surface area (Å²) in [5.41, 5.74) is -0.408. The highest BCUT2D eigenvalue weighted by atomic mass is 19.4. The largest absolute Gasteiger partial charge is 0.491 e. The minimum atomic E-state index is -4.59. The van der Waals surface area contributed by atoms with Crippen molar-refractivity contribution in [3.8, 4) is 11.8 Å². The quantitative estimate of drug-likeness (QED) is 0.448. The Hall–Kier alpha value is -2.51. The van der Waals surface area contributed by atoms with E-state index in [2.05, 4.69) is 16.9 Å². The van der Waals surface area contributed by atoms with E-state index in [-0.39, 0.29) is 17.9 Å². The predicted molar refractivity (Wildman–Crippen MR) is 107 cm³/mol. The van der Waals surface area contributed by atoms with E-state index in [1.165, 1.54) is 11.9 Å². The molecule has 0 aliphatic heterocycles. The summed E-state index contributed by atoms with van der Waals surface area (Å²) in [5, 5.41) is 0. The summed E-state index contributed by atoms with van der Waals surface area (Å²) in [5.74, 6) is 0.303. The van der Waals surface area contributed by atoms with E-state index in [1.807, 2.05) is 13.8 Å². The number of nitrogens with zero attached hydrogens (tertiary/aromatic N) is 3. The van der Waals surface area contributed by atoms with E-state index < -0.39 is 11.7 Å². The van der Waals surface area contributed by atoms with Crippen molar-refractivity contribution in [2.75, 3.05) is 18.6 Å². The number of hydrogen-bond donors (Lipinski definition) is 0. The third kappa shape index (κ3) is 6.80. The highest BCUT2D eigenvalue weighted by Gasteiger charge is 2.36. The van der Waals surface area contributed by atoms with Gasteiger partial charge in [-0.3, -0.25) is 0 Å². The van der Waals surface area contributed by atoms with Crippen LogP contribution >= 0.6 is 0 Å². The molecule has 0 radical (unpaired) electrons. The maximum atomic E-state index is 13.5. The van der Waals surface area contributed by atoms with Crippen LogP contribution in [0.2, 0.25) is 0 Å². The predicted octanol–water partition coefficient (Wildman–Crippen LogP) is 6.01. The molecule has 29 heavy (non-hydrogen) atoms. The Kier molecular flexibility index (Phi) is 8.10. The fourth-order valence-corrected chi connectivity index (χ4v) is 2.73. The Morgan fingerprint density at radius 1 is 1.14 bits per heavy atom. The zero-order chi connectivity index (χ0) is 21.4. The van der Waals surface area contributed by atoms with Crippen molar-refractivity contribution in [1.82, 2.24) is 9.97 Å². The van der Waals surface area contributed by atoms with Crippen molar-refractivity contribution in [3.05, 3.63) is 36.0 Å². The summed E-state index contributed by atoms with van der Waals surface area (Å²) in [6, 6.07) is 6.79. The van der Waals surface area contributed by atoms with Crippen molar-refractivity contribution in [1.29, 1.82) is 0 Å². The molecule has 2 rings (SSSR count). The molecule has 1 heterocycles. The molecule has 0 aliphatic carbocycles. The highest BCUT2D eigenvalue weighted by Crippen LogP contribution is 2.38. The van der Waals surface area contributed by atoms with Crippen LogP contribution in [0.25, 0.3) is 0 Å². The monoisotopic (exact) mass is 411 g/mol. The lowest BCUT2D eigenvalue weighted by Crippen LogP contribution is -2.19. The number of rotatable bonds is 10. The van der Waals surface area contributed by atoms with E-state index in [0.29, 0.717) is 18.0 Å². The maximum Gasteiger partial charge on any atom is 0.421 e. The number of alkyl halides is 3. The number of unbranched alkanes of at least 4 members (excludes halogenated alkanes) is 3. The van der Waals surface area contributed by atoms with Crippen LogP contribution in [0.4, 0.5) is 24.7 Å².